The number of Topliss-reactive ketones (excluding diaryl/α,β-unsaturated/α-hetero) is 2. The Bertz CT molecular complexity index is 878. The van der Waals surface area contributed by atoms with Gasteiger partial charge in [0.1, 0.15) is 18.5 Å². The zero-order valence-corrected chi connectivity index (χ0v) is 13.9. The lowest BCUT2D eigenvalue weighted by atomic mass is 10.1. The Balaban J connectivity index is 2.27. The molecule has 1 N–H and O–H groups in total. The van der Waals surface area contributed by atoms with Crippen LogP contribution in [0.2, 0.25) is 0 Å². The fraction of sp³-hybridized carbons (Fsp3) is 0.353. The molecule has 2 aromatic rings. The third kappa shape index (κ3) is 4.14. The topological polar surface area (TPSA) is 98.1 Å². The highest BCUT2D eigenvalue weighted by atomic mass is 19.1. The van der Waals surface area contributed by atoms with E-state index in [1.807, 2.05) is 0 Å². The summed E-state index contributed by atoms with van der Waals surface area (Å²) in [5.74, 6) is -1.92. The summed E-state index contributed by atoms with van der Waals surface area (Å²) in [5.41, 5.74) is 0.0895. The van der Waals surface area contributed by atoms with Gasteiger partial charge in [0.05, 0.1) is 23.3 Å². The number of hydrogen-bond acceptors (Lipinski definition) is 5. The van der Waals surface area contributed by atoms with Gasteiger partial charge in [-0.2, -0.15) is 0 Å². The second-order valence-electron chi connectivity index (χ2n) is 5.72. The summed E-state index contributed by atoms with van der Waals surface area (Å²) in [6.45, 7) is 1.41. The Labute approximate surface area is 142 Å². The summed E-state index contributed by atoms with van der Waals surface area (Å²) in [6.07, 6.45) is 0.942. The van der Waals surface area contributed by atoms with Crippen molar-refractivity contribution in [1.29, 1.82) is 0 Å². The predicted molar refractivity (Wildman–Crippen MR) is 88.9 cm³/mol. The molecule has 1 amide bonds. The minimum Gasteiger partial charge on any atom is -0.344 e. The maximum atomic E-state index is 12.6. The van der Waals surface area contributed by atoms with Crippen molar-refractivity contribution in [2.24, 2.45) is 0 Å². The number of nitrogens with zero attached hydrogens (tertiary/aromatic N) is 2. The van der Waals surface area contributed by atoms with E-state index in [2.05, 4.69) is 10.3 Å². The van der Waals surface area contributed by atoms with Gasteiger partial charge in [0.15, 0.2) is 5.78 Å². The lowest BCUT2D eigenvalue weighted by molar-refractivity contribution is -0.131. The molecule has 0 aliphatic carbocycles. The minimum absolute atomic E-state index is 0.300. The van der Waals surface area contributed by atoms with Crippen LogP contribution in [-0.2, 0) is 14.4 Å². The SMILES string of the molecule is CC(=O)CC(NC(=O)[C@H](C)n1cnc2ccccc2c1=O)C(=O)CF. The molecule has 1 aromatic carbocycles. The van der Waals surface area contributed by atoms with Gasteiger partial charge < -0.3 is 5.32 Å². The molecule has 132 valence electrons. The van der Waals surface area contributed by atoms with Crippen molar-refractivity contribution in [2.45, 2.75) is 32.4 Å². The average Bonchev–Trinajstić information content (AvgIpc) is 2.60. The molecule has 1 aromatic heterocycles. The first-order valence-corrected chi connectivity index (χ1v) is 7.69. The summed E-state index contributed by atoms with van der Waals surface area (Å²) in [6, 6.07) is 4.46. The highest BCUT2D eigenvalue weighted by Crippen LogP contribution is 2.09. The van der Waals surface area contributed by atoms with Crippen LogP contribution in [0.15, 0.2) is 35.4 Å². The van der Waals surface area contributed by atoms with Crippen LogP contribution in [0.3, 0.4) is 0 Å². The van der Waals surface area contributed by atoms with Crippen LogP contribution in [0, 0.1) is 0 Å². The first-order chi connectivity index (χ1) is 11.8. The molecule has 2 atom stereocenters. The number of ketones is 2. The highest BCUT2D eigenvalue weighted by Gasteiger charge is 2.25. The van der Waals surface area contributed by atoms with E-state index in [4.69, 9.17) is 0 Å². The molecule has 0 saturated carbocycles. The molecule has 7 nitrogen and oxygen atoms in total. The molecular weight excluding hydrogens is 329 g/mol. The van der Waals surface area contributed by atoms with Crippen molar-refractivity contribution in [1.82, 2.24) is 14.9 Å². The molecule has 0 spiro atoms. The number of rotatable bonds is 7. The number of para-hydroxylation sites is 1. The minimum atomic E-state index is -1.29. The number of carbonyl (C=O) groups excluding carboxylic acids is 3. The molecule has 0 bridgehead atoms. The summed E-state index contributed by atoms with van der Waals surface area (Å²) >= 11 is 0. The van der Waals surface area contributed by atoms with E-state index in [1.54, 1.807) is 24.3 Å². The average molecular weight is 347 g/mol. The lowest BCUT2D eigenvalue weighted by Crippen LogP contribution is -2.46. The van der Waals surface area contributed by atoms with Crippen LogP contribution in [0.5, 0.6) is 0 Å². The number of carbonyl (C=O) groups is 3. The zero-order chi connectivity index (χ0) is 18.6. The van der Waals surface area contributed by atoms with Crippen LogP contribution in [0.25, 0.3) is 10.9 Å². The van der Waals surface area contributed by atoms with E-state index in [-0.39, 0.29) is 12.2 Å². The van der Waals surface area contributed by atoms with Gasteiger partial charge in [0.2, 0.25) is 5.91 Å². The van der Waals surface area contributed by atoms with Gasteiger partial charge in [-0.05, 0) is 26.0 Å². The van der Waals surface area contributed by atoms with E-state index in [0.29, 0.717) is 10.9 Å². The van der Waals surface area contributed by atoms with Crippen LogP contribution in [-0.4, -0.2) is 39.7 Å². The van der Waals surface area contributed by atoms with Gasteiger partial charge >= 0.3 is 0 Å². The molecule has 8 heteroatoms. The van der Waals surface area contributed by atoms with Crippen molar-refractivity contribution in [3.63, 3.8) is 0 Å². The molecular formula is C17H18FN3O4. The summed E-state index contributed by atoms with van der Waals surface area (Å²) < 4.78 is 13.8. The first-order valence-electron chi connectivity index (χ1n) is 7.69. The monoisotopic (exact) mass is 347 g/mol. The van der Waals surface area contributed by atoms with Crippen LogP contribution < -0.4 is 10.9 Å². The van der Waals surface area contributed by atoms with Gasteiger partial charge in [0.25, 0.3) is 5.56 Å². The van der Waals surface area contributed by atoms with Crippen molar-refractivity contribution >= 4 is 28.4 Å². The van der Waals surface area contributed by atoms with Crippen molar-refractivity contribution < 1.29 is 18.8 Å². The number of nitrogens with one attached hydrogen (secondary N) is 1. The van der Waals surface area contributed by atoms with Gasteiger partial charge in [0, 0.05) is 6.42 Å². The molecule has 0 fully saturated rings. The molecule has 0 aliphatic rings. The Morgan fingerprint density at radius 1 is 1.28 bits per heavy atom. The van der Waals surface area contributed by atoms with E-state index in [9.17, 15) is 23.6 Å². The normalized spacial score (nSPS) is 13.2. The molecule has 2 rings (SSSR count). The maximum Gasteiger partial charge on any atom is 0.261 e. The third-order valence-corrected chi connectivity index (χ3v) is 3.82. The zero-order valence-electron chi connectivity index (χ0n) is 13.9. The Morgan fingerprint density at radius 2 is 1.96 bits per heavy atom. The van der Waals surface area contributed by atoms with Gasteiger partial charge in [-0.15, -0.1) is 0 Å². The van der Waals surface area contributed by atoms with Crippen LogP contribution in [0.4, 0.5) is 4.39 Å². The fourth-order valence-electron chi connectivity index (χ4n) is 2.40. The van der Waals surface area contributed by atoms with E-state index >= 15 is 0 Å². The number of fused-ring (bicyclic) bond motifs is 1. The molecule has 0 aliphatic heterocycles. The van der Waals surface area contributed by atoms with E-state index in [1.165, 1.54) is 20.2 Å². The number of benzene rings is 1. The van der Waals surface area contributed by atoms with Crippen molar-refractivity contribution in [2.75, 3.05) is 6.67 Å². The first kappa shape index (κ1) is 18.4. The van der Waals surface area contributed by atoms with Crippen molar-refractivity contribution in [3.8, 4) is 0 Å². The lowest BCUT2D eigenvalue weighted by Gasteiger charge is -2.19. The molecule has 1 heterocycles. The Hall–Kier alpha value is -2.90. The second-order valence-corrected chi connectivity index (χ2v) is 5.72. The maximum absolute atomic E-state index is 12.6. The van der Waals surface area contributed by atoms with E-state index in [0.717, 1.165) is 4.57 Å². The quantitative estimate of drug-likeness (QED) is 0.804. The van der Waals surface area contributed by atoms with E-state index < -0.39 is 36.0 Å². The number of alkyl halides is 1. The fourth-order valence-corrected chi connectivity index (χ4v) is 2.40. The molecule has 0 radical (unpaired) electrons. The highest BCUT2D eigenvalue weighted by molar-refractivity contribution is 5.94. The largest absolute Gasteiger partial charge is 0.344 e. The predicted octanol–water partition coefficient (Wildman–Crippen LogP) is 0.960. The standard InChI is InChI=1S/C17H18FN3O4/c1-10(22)7-14(15(23)8-18)20-16(24)11(2)21-9-19-13-6-4-3-5-12(13)17(21)25/h3-6,9,11,14H,7-8H2,1-2H3,(H,20,24)/t11-,14?/m0/s1. The smallest absolute Gasteiger partial charge is 0.261 e. The summed E-state index contributed by atoms with van der Waals surface area (Å²) in [4.78, 5) is 51.7. The Kier molecular flexibility index (Phi) is 5.74. The summed E-state index contributed by atoms with van der Waals surface area (Å²) in [5, 5.41) is 2.69. The summed E-state index contributed by atoms with van der Waals surface area (Å²) in [7, 11) is 0. The van der Waals surface area contributed by atoms with Gasteiger partial charge in [-0.25, -0.2) is 9.37 Å². The van der Waals surface area contributed by atoms with Crippen LogP contribution >= 0.6 is 0 Å². The number of amides is 1. The third-order valence-electron chi connectivity index (χ3n) is 3.82. The van der Waals surface area contributed by atoms with Gasteiger partial charge in [-0.3, -0.25) is 23.7 Å². The number of halogens is 1. The number of aromatic nitrogens is 2. The molecule has 0 saturated heterocycles. The second kappa shape index (κ2) is 7.78. The van der Waals surface area contributed by atoms with Crippen molar-refractivity contribution in [3.05, 3.63) is 40.9 Å². The number of hydrogen-bond donors (Lipinski definition) is 1. The van der Waals surface area contributed by atoms with Gasteiger partial charge in [-0.1, -0.05) is 12.1 Å². The van der Waals surface area contributed by atoms with Crippen LogP contribution in [0.1, 0.15) is 26.3 Å². The molecule has 25 heavy (non-hydrogen) atoms. The Morgan fingerprint density at radius 3 is 2.60 bits per heavy atom. The molecule has 1 unspecified atom stereocenters.